The number of likely N-dealkylation sites (tertiary alicyclic amines) is 1. The lowest BCUT2D eigenvalue weighted by atomic mass is 9.96. The lowest BCUT2D eigenvalue weighted by Crippen LogP contribution is -2.40. The van der Waals surface area contributed by atoms with Crippen LogP contribution in [-0.2, 0) is 11.2 Å². The number of nitrogens with one attached hydrogen (secondary N) is 1. The Morgan fingerprint density at radius 1 is 1.53 bits per heavy atom. The van der Waals surface area contributed by atoms with Gasteiger partial charge in [0.25, 0.3) is 0 Å². The molecule has 1 fully saturated rings. The fraction of sp³-hybridized carbons (Fsp3) is 0.714. The van der Waals surface area contributed by atoms with Crippen LogP contribution in [-0.4, -0.2) is 42.0 Å². The maximum atomic E-state index is 12.1. The van der Waals surface area contributed by atoms with Gasteiger partial charge in [0, 0.05) is 24.9 Å². The molecule has 19 heavy (non-hydrogen) atoms. The number of carbonyl (C=O) groups excluding carboxylic acids is 1. The summed E-state index contributed by atoms with van der Waals surface area (Å²) in [6.45, 7) is 6.11. The number of piperidine rings is 1. The van der Waals surface area contributed by atoms with Gasteiger partial charge in [0.2, 0.25) is 5.91 Å². The molecular formula is C14H23N3OS. The third-order valence-corrected chi connectivity index (χ3v) is 4.36. The number of hydrogen-bond donors (Lipinski definition) is 1. The van der Waals surface area contributed by atoms with Crippen molar-refractivity contribution < 1.29 is 4.79 Å². The van der Waals surface area contributed by atoms with Crippen molar-refractivity contribution in [3.8, 4) is 0 Å². The van der Waals surface area contributed by atoms with Gasteiger partial charge in [-0.1, -0.05) is 6.92 Å². The second-order valence-electron chi connectivity index (χ2n) is 5.11. The van der Waals surface area contributed by atoms with Gasteiger partial charge in [0.05, 0.1) is 11.2 Å². The van der Waals surface area contributed by atoms with Crippen molar-refractivity contribution in [3.63, 3.8) is 0 Å². The fourth-order valence-corrected chi connectivity index (χ4v) is 3.08. The molecule has 0 spiro atoms. The van der Waals surface area contributed by atoms with Crippen LogP contribution in [0.2, 0.25) is 0 Å². The van der Waals surface area contributed by atoms with E-state index in [4.69, 9.17) is 0 Å². The summed E-state index contributed by atoms with van der Waals surface area (Å²) in [7, 11) is 0. The zero-order valence-corrected chi connectivity index (χ0v) is 12.4. The first-order valence-electron chi connectivity index (χ1n) is 7.15. The Bertz CT molecular complexity index is 372. The molecule has 2 heterocycles. The molecule has 1 saturated heterocycles. The lowest BCUT2D eigenvalue weighted by molar-refractivity contribution is -0.132. The summed E-state index contributed by atoms with van der Waals surface area (Å²) in [5.74, 6) is 1.03. The van der Waals surface area contributed by atoms with Crippen molar-refractivity contribution in [1.29, 1.82) is 0 Å². The predicted octanol–water partition coefficient (Wildman–Crippen LogP) is 1.92. The minimum atomic E-state index is 0.287. The van der Waals surface area contributed by atoms with E-state index in [2.05, 4.69) is 17.2 Å². The van der Waals surface area contributed by atoms with E-state index >= 15 is 0 Å². The molecular weight excluding hydrogens is 258 g/mol. The molecule has 1 aromatic rings. The largest absolute Gasteiger partial charge is 0.343 e. The number of aromatic nitrogens is 1. The molecule has 1 N–H and O–H groups in total. The van der Waals surface area contributed by atoms with E-state index < -0.39 is 0 Å². The Balaban J connectivity index is 1.67. The van der Waals surface area contributed by atoms with E-state index in [9.17, 15) is 4.79 Å². The average Bonchev–Trinajstić information content (AvgIpc) is 2.96. The SMILES string of the molecule is CCNCC1CCN(C(=O)CCc2cscn2)CC1. The molecule has 0 atom stereocenters. The van der Waals surface area contributed by atoms with Crippen molar-refractivity contribution in [2.45, 2.75) is 32.6 Å². The number of aryl methyl sites for hydroxylation is 1. The summed E-state index contributed by atoms with van der Waals surface area (Å²) in [5, 5.41) is 5.42. The summed E-state index contributed by atoms with van der Waals surface area (Å²) in [6.07, 6.45) is 3.64. The van der Waals surface area contributed by atoms with Crippen molar-refractivity contribution in [2.75, 3.05) is 26.2 Å². The van der Waals surface area contributed by atoms with Crippen LogP contribution in [0.1, 0.15) is 31.9 Å². The first kappa shape index (κ1) is 14.5. The van der Waals surface area contributed by atoms with Gasteiger partial charge in [-0.25, -0.2) is 4.98 Å². The summed E-state index contributed by atoms with van der Waals surface area (Å²) in [6, 6.07) is 0. The molecule has 1 aromatic heterocycles. The number of amides is 1. The molecule has 0 saturated carbocycles. The first-order valence-corrected chi connectivity index (χ1v) is 8.09. The third-order valence-electron chi connectivity index (χ3n) is 3.73. The maximum Gasteiger partial charge on any atom is 0.222 e. The lowest BCUT2D eigenvalue weighted by Gasteiger charge is -2.32. The molecule has 1 amide bonds. The molecule has 0 bridgehead atoms. The molecule has 1 aliphatic heterocycles. The molecule has 2 rings (SSSR count). The summed E-state index contributed by atoms with van der Waals surface area (Å²) in [4.78, 5) is 18.3. The van der Waals surface area contributed by atoms with Crippen LogP contribution in [0.5, 0.6) is 0 Å². The zero-order valence-electron chi connectivity index (χ0n) is 11.6. The fourth-order valence-electron chi connectivity index (χ4n) is 2.49. The minimum absolute atomic E-state index is 0.287. The number of carbonyl (C=O) groups is 1. The highest BCUT2D eigenvalue weighted by Gasteiger charge is 2.22. The van der Waals surface area contributed by atoms with Crippen molar-refractivity contribution in [3.05, 3.63) is 16.6 Å². The summed E-state index contributed by atoms with van der Waals surface area (Å²) in [5.41, 5.74) is 2.87. The standard InChI is InChI=1S/C14H23N3OS/c1-2-15-9-12-5-7-17(8-6-12)14(18)4-3-13-10-19-11-16-13/h10-12,15H,2-9H2,1H3. The Hall–Kier alpha value is -0.940. The third kappa shape index (κ3) is 4.58. The Kier molecular flexibility index (Phi) is 5.79. The van der Waals surface area contributed by atoms with Crippen LogP contribution in [0.25, 0.3) is 0 Å². The van der Waals surface area contributed by atoms with E-state index in [-0.39, 0.29) is 5.91 Å². The van der Waals surface area contributed by atoms with Crippen LogP contribution in [0.4, 0.5) is 0 Å². The van der Waals surface area contributed by atoms with Crippen molar-refractivity contribution >= 4 is 17.2 Å². The molecule has 1 aliphatic rings. The van der Waals surface area contributed by atoms with Crippen LogP contribution in [0, 0.1) is 5.92 Å². The highest BCUT2D eigenvalue weighted by atomic mass is 32.1. The first-order chi connectivity index (χ1) is 9.29. The van der Waals surface area contributed by atoms with Crippen molar-refractivity contribution in [1.82, 2.24) is 15.2 Å². The number of nitrogens with zero attached hydrogens (tertiary/aromatic N) is 2. The zero-order chi connectivity index (χ0) is 13.5. The van der Waals surface area contributed by atoms with Crippen LogP contribution < -0.4 is 5.32 Å². The second-order valence-corrected chi connectivity index (χ2v) is 5.83. The van der Waals surface area contributed by atoms with E-state index in [0.717, 1.165) is 57.1 Å². The minimum Gasteiger partial charge on any atom is -0.343 e. The highest BCUT2D eigenvalue weighted by Crippen LogP contribution is 2.17. The van der Waals surface area contributed by atoms with Gasteiger partial charge in [0.15, 0.2) is 0 Å². The number of rotatable bonds is 6. The van der Waals surface area contributed by atoms with Gasteiger partial charge >= 0.3 is 0 Å². The van der Waals surface area contributed by atoms with Gasteiger partial charge in [0.1, 0.15) is 0 Å². The normalized spacial score (nSPS) is 16.8. The monoisotopic (exact) mass is 281 g/mol. The van der Waals surface area contributed by atoms with E-state index in [1.54, 1.807) is 11.3 Å². The molecule has 5 heteroatoms. The van der Waals surface area contributed by atoms with Crippen LogP contribution in [0.15, 0.2) is 10.9 Å². The van der Waals surface area contributed by atoms with E-state index in [0.29, 0.717) is 6.42 Å². The smallest absolute Gasteiger partial charge is 0.222 e. The average molecular weight is 281 g/mol. The number of hydrogen-bond acceptors (Lipinski definition) is 4. The Morgan fingerprint density at radius 3 is 2.95 bits per heavy atom. The topological polar surface area (TPSA) is 45.2 Å². The summed E-state index contributed by atoms with van der Waals surface area (Å²) >= 11 is 1.59. The van der Waals surface area contributed by atoms with Gasteiger partial charge < -0.3 is 10.2 Å². The van der Waals surface area contributed by atoms with Gasteiger partial charge in [-0.2, -0.15) is 0 Å². The van der Waals surface area contributed by atoms with Gasteiger partial charge in [-0.15, -0.1) is 11.3 Å². The Morgan fingerprint density at radius 2 is 2.32 bits per heavy atom. The van der Waals surface area contributed by atoms with Gasteiger partial charge in [-0.3, -0.25) is 4.79 Å². The quantitative estimate of drug-likeness (QED) is 0.866. The van der Waals surface area contributed by atoms with Crippen LogP contribution >= 0.6 is 11.3 Å². The highest BCUT2D eigenvalue weighted by molar-refractivity contribution is 7.07. The second kappa shape index (κ2) is 7.60. The molecule has 0 aromatic carbocycles. The molecule has 106 valence electrons. The van der Waals surface area contributed by atoms with E-state index in [1.165, 1.54) is 0 Å². The van der Waals surface area contributed by atoms with Crippen molar-refractivity contribution in [2.24, 2.45) is 5.92 Å². The number of thiazole rings is 1. The molecule has 0 radical (unpaired) electrons. The Labute approximate surface area is 119 Å². The summed E-state index contributed by atoms with van der Waals surface area (Å²) < 4.78 is 0. The molecule has 0 unspecified atom stereocenters. The van der Waals surface area contributed by atoms with Crippen LogP contribution in [0.3, 0.4) is 0 Å². The van der Waals surface area contributed by atoms with E-state index in [1.807, 2.05) is 15.8 Å². The molecule has 0 aliphatic carbocycles. The molecule has 4 nitrogen and oxygen atoms in total. The van der Waals surface area contributed by atoms with Gasteiger partial charge in [-0.05, 0) is 38.3 Å². The predicted molar refractivity (Wildman–Crippen MR) is 78.3 cm³/mol. The maximum absolute atomic E-state index is 12.1.